The van der Waals surface area contributed by atoms with E-state index in [0.29, 0.717) is 18.5 Å². The van der Waals surface area contributed by atoms with E-state index < -0.39 is 12.0 Å². The number of imide groups is 1. The van der Waals surface area contributed by atoms with Crippen LogP contribution in [0.2, 0.25) is 0 Å². The molecular weight excluding hydrogens is 370 g/mol. The number of ether oxygens (including phenoxy) is 1. The van der Waals surface area contributed by atoms with Crippen molar-refractivity contribution < 1.29 is 19.1 Å². The molecule has 0 saturated carbocycles. The molecule has 0 bridgehead atoms. The first kappa shape index (κ1) is 20.4. The predicted octanol–water partition coefficient (Wildman–Crippen LogP) is 3.49. The number of nitrogens with one attached hydrogen (secondary N) is 1. The average molecular weight is 395 g/mol. The minimum atomic E-state index is -0.397. The number of benzene rings is 1. The topological polar surface area (TPSA) is 80.6 Å². The van der Waals surface area contributed by atoms with Crippen molar-refractivity contribution in [3.05, 3.63) is 58.0 Å². The van der Waals surface area contributed by atoms with Crippen LogP contribution in [0.1, 0.15) is 46.2 Å². The molecule has 2 aromatic rings. The number of hydrogen-bond donors (Lipinski definition) is 1. The molecule has 0 unspecified atom stereocenters. The summed E-state index contributed by atoms with van der Waals surface area (Å²) in [6, 6.07) is 6.97. The highest BCUT2D eigenvalue weighted by Gasteiger charge is 2.32. The van der Waals surface area contributed by atoms with Crippen molar-refractivity contribution in [2.75, 3.05) is 13.7 Å². The van der Waals surface area contributed by atoms with Crippen molar-refractivity contribution in [3.8, 4) is 5.69 Å². The van der Waals surface area contributed by atoms with Crippen molar-refractivity contribution >= 4 is 24.0 Å². The van der Waals surface area contributed by atoms with Crippen molar-refractivity contribution in [1.29, 1.82) is 0 Å². The van der Waals surface area contributed by atoms with Crippen LogP contribution >= 0.6 is 0 Å². The molecule has 1 aromatic heterocycles. The Hall–Kier alpha value is -3.35. The van der Waals surface area contributed by atoms with Gasteiger partial charge in [0.15, 0.2) is 0 Å². The molecule has 1 N–H and O–H groups in total. The average Bonchev–Trinajstić information content (AvgIpc) is 3.12. The second kappa shape index (κ2) is 7.95. The fourth-order valence-electron chi connectivity index (χ4n) is 3.55. The molecule has 3 amide bonds. The Labute approximate surface area is 169 Å². The molecule has 3 rings (SSSR count). The lowest BCUT2D eigenvalue weighted by molar-refractivity contribution is -0.122. The summed E-state index contributed by atoms with van der Waals surface area (Å²) in [7, 11) is 1.35. The SMILES string of the molecule is CCCN1C(=O)N/C(=C/c2cc(C)n(-c3cc(C(=O)OC)ccc3C)c2C)C1=O. The van der Waals surface area contributed by atoms with Gasteiger partial charge in [0.25, 0.3) is 5.91 Å². The quantitative estimate of drug-likeness (QED) is 0.477. The summed E-state index contributed by atoms with van der Waals surface area (Å²) in [4.78, 5) is 37.7. The van der Waals surface area contributed by atoms with Crippen LogP contribution in [0, 0.1) is 20.8 Å². The van der Waals surface area contributed by atoms with Gasteiger partial charge in [0.2, 0.25) is 0 Å². The summed E-state index contributed by atoms with van der Waals surface area (Å²) in [5, 5.41) is 2.65. The monoisotopic (exact) mass is 395 g/mol. The van der Waals surface area contributed by atoms with E-state index in [1.165, 1.54) is 12.0 Å². The van der Waals surface area contributed by atoms with Gasteiger partial charge in [0.05, 0.1) is 12.7 Å². The summed E-state index contributed by atoms with van der Waals surface area (Å²) < 4.78 is 6.86. The van der Waals surface area contributed by atoms with Gasteiger partial charge in [-0.3, -0.25) is 9.69 Å². The first-order valence-electron chi connectivity index (χ1n) is 9.51. The Morgan fingerprint density at radius 1 is 1.17 bits per heavy atom. The lowest BCUT2D eigenvalue weighted by Gasteiger charge is -2.14. The summed E-state index contributed by atoms with van der Waals surface area (Å²) in [5.41, 5.74) is 5.27. The maximum Gasteiger partial charge on any atom is 0.337 e. The lowest BCUT2D eigenvalue weighted by atomic mass is 10.1. The number of hydrogen-bond acceptors (Lipinski definition) is 4. The van der Waals surface area contributed by atoms with Crippen LogP contribution in [0.4, 0.5) is 4.79 Å². The molecule has 2 heterocycles. The van der Waals surface area contributed by atoms with Crippen LogP contribution in [0.15, 0.2) is 30.0 Å². The fourth-order valence-corrected chi connectivity index (χ4v) is 3.55. The number of carbonyl (C=O) groups is 3. The summed E-state index contributed by atoms with van der Waals surface area (Å²) in [5.74, 6) is -0.711. The van der Waals surface area contributed by atoms with E-state index in [9.17, 15) is 14.4 Å². The maximum absolute atomic E-state index is 12.5. The molecule has 0 atom stereocenters. The van der Waals surface area contributed by atoms with Gasteiger partial charge in [-0.2, -0.15) is 0 Å². The van der Waals surface area contributed by atoms with Gasteiger partial charge in [-0.1, -0.05) is 13.0 Å². The molecule has 0 aliphatic carbocycles. The number of rotatable bonds is 5. The van der Waals surface area contributed by atoms with Gasteiger partial charge in [0.1, 0.15) is 5.70 Å². The molecular formula is C22H25N3O4. The zero-order valence-electron chi connectivity index (χ0n) is 17.3. The lowest BCUT2D eigenvalue weighted by Crippen LogP contribution is -2.31. The van der Waals surface area contributed by atoms with Gasteiger partial charge in [-0.25, -0.2) is 9.59 Å². The second-order valence-electron chi connectivity index (χ2n) is 7.10. The molecule has 1 aliphatic heterocycles. The van der Waals surface area contributed by atoms with E-state index in [0.717, 1.165) is 28.2 Å². The number of aryl methyl sites for hydroxylation is 2. The zero-order chi connectivity index (χ0) is 21.3. The molecule has 1 fully saturated rings. The van der Waals surface area contributed by atoms with Crippen LogP contribution in [0.5, 0.6) is 0 Å². The van der Waals surface area contributed by atoms with E-state index >= 15 is 0 Å². The van der Waals surface area contributed by atoms with Gasteiger partial charge in [-0.05, 0) is 62.6 Å². The molecule has 1 aromatic carbocycles. The minimum Gasteiger partial charge on any atom is -0.465 e. The Kier molecular flexibility index (Phi) is 5.59. The third kappa shape index (κ3) is 3.68. The molecule has 7 nitrogen and oxygen atoms in total. The van der Waals surface area contributed by atoms with Crippen LogP contribution < -0.4 is 5.32 Å². The van der Waals surface area contributed by atoms with Gasteiger partial charge in [-0.15, -0.1) is 0 Å². The highest BCUT2D eigenvalue weighted by molar-refractivity contribution is 6.14. The van der Waals surface area contributed by atoms with Gasteiger partial charge >= 0.3 is 12.0 Å². The van der Waals surface area contributed by atoms with E-state index in [-0.39, 0.29) is 11.6 Å². The fraction of sp³-hybridized carbons (Fsp3) is 0.318. The van der Waals surface area contributed by atoms with Crippen molar-refractivity contribution in [3.63, 3.8) is 0 Å². The number of esters is 1. The van der Waals surface area contributed by atoms with E-state index in [1.54, 1.807) is 18.2 Å². The van der Waals surface area contributed by atoms with E-state index in [1.807, 2.05) is 44.4 Å². The predicted molar refractivity (Wildman–Crippen MR) is 110 cm³/mol. The Balaban J connectivity index is 2.04. The number of amides is 3. The van der Waals surface area contributed by atoms with Crippen molar-refractivity contribution in [1.82, 2.24) is 14.8 Å². The highest BCUT2D eigenvalue weighted by atomic mass is 16.5. The minimum absolute atomic E-state index is 0.267. The molecule has 7 heteroatoms. The smallest absolute Gasteiger partial charge is 0.337 e. The van der Waals surface area contributed by atoms with Gasteiger partial charge < -0.3 is 14.6 Å². The maximum atomic E-state index is 12.5. The summed E-state index contributed by atoms with van der Waals surface area (Å²) in [6.07, 6.45) is 2.41. The first-order valence-corrected chi connectivity index (χ1v) is 9.51. The third-order valence-electron chi connectivity index (χ3n) is 5.05. The van der Waals surface area contributed by atoms with Crippen LogP contribution in [-0.4, -0.2) is 41.0 Å². The summed E-state index contributed by atoms with van der Waals surface area (Å²) >= 11 is 0. The molecule has 29 heavy (non-hydrogen) atoms. The van der Waals surface area contributed by atoms with Crippen LogP contribution in [0.25, 0.3) is 11.8 Å². The molecule has 0 radical (unpaired) electrons. The van der Waals surface area contributed by atoms with E-state index in [2.05, 4.69) is 5.32 Å². The van der Waals surface area contributed by atoms with Crippen LogP contribution in [-0.2, 0) is 9.53 Å². The first-order chi connectivity index (χ1) is 13.8. The van der Waals surface area contributed by atoms with Gasteiger partial charge in [0, 0.05) is 23.6 Å². The number of carbonyl (C=O) groups excluding carboxylic acids is 3. The highest BCUT2D eigenvalue weighted by Crippen LogP contribution is 2.26. The Morgan fingerprint density at radius 2 is 1.90 bits per heavy atom. The van der Waals surface area contributed by atoms with E-state index in [4.69, 9.17) is 4.74 Å². The molecule has 1 aliphatic rings. The standard InChI is InChI=1S/C22H25N3O4/c1-6-9-24-20(26)18(23-22(24)28)11-17-10-14(3)25(15(17)4)19-12-16(21(27)29-5)8-7-13(19)2/h7-8,10-12H,6,9H2,1-5H3,(H,23,28)/b18-11+. The summed E-state index contributed by atoms with van der Waals surface area (Å²) in [6.45, 7) is 8.17. The largest absolute Gasteiger partial charge is 0.465 e. The van der Waals surface area contributed by atoms with Crippen LogP contribution in [0.3, 0.4) is 0 Å². The van der Waals surface area contributed by atoms with Crippen molar-refractivity contribution in [2.45, 2.75) is 34.1 Å². The Bertz CT molecular complexity index is 1030. The number of urea groups is 1. The normalized spacial score (nSPS) is 15.2. The van der Waals surface area contributed by atoms with Crippen molar-refractivity contribution in [2.24, 2.45) is 0 Å². The third-order valence-corrected chi connectivity index (χ3v) is 5.05. The second-order valence-corrected chi connectivity index (χ2v) is 7.10. The molecule has 1 saturated heterocycles. The zero-order valence-corrected chi connectivity index (χ0v) is 17.3. The number of nitrogens with zero attached hydrogens (tertiary/aromatic N) is 2. The number of methoxy groups -OCH3 is 1. The molecule has 0 spiro atoms. The molecule has 152 valence electrons. The number of aromatic nitrogens is 1. The Morgan fingerprint density at radius 3 is 2.55 bits per heavy atom.